The summed E-state index contributed by atoms with van der Waals surface area (Å²) in [5.41, 5.74) is 3.17. The standard InChI is InChI=1S/C29H37ClN4O2/c1-21(2)34(19-23-7-5-4-6-8-23)18-15-31-28(35)24-13-16-33(17-14-24)20-27-22(3)36-29(32-27)25-9-11-26(30)12-10-25/h4-12,21,24H,13-20H2,1-3H3,(H,31,35). The Morgan fingerprint density at radius 2 is 1.83 bits per heavy atom. The Hall–Kier alpha value is -2.67. The van der Waals surface area contributed by atoms with Gasteiger partial charge >= 0.3 is 0 Å². The number of likely N-dealkylation sites (tertiary alicyclic amines) is 1. The zero-order valence-electron chi connectivity index (χ0n) is 21.5. The Labute approximate surface area is 219 Å². The van der Waals surface area contributed by atoms with Crippen LogP contribution in [0, 0.1) is 12.8 Å². The fraction of sp³-hybridized carbons (Fsp3) is 0.448. The molecule has 1 N–H and O–H groups in total. The van der Waals surface area contributed by atoms with Crippen LogP contribution in [0.5, 0.6) is 0 Å². The first-order valence-electron chi connectivity index (χ1n) is 12.9. The fourth-order valence-corrected chi connectivity index (χ4v) is 4.79. The van der Waals surface area contributed by atoms with E-state index < -0.39 is 0 Å². The summed E-state index contributed by atoms with van der Waals surface area (Å²) < 4.78 is 5.91. The minimum absolute atomic E-state index is 0.0749. The van der Waals surface area contributed by atoms with Gasteiger partial charge in [-0.05, 0) is 76.5 Å². The number of aromatic nitrogens is 1. The van der Waals surface area contributed by atoms with E-state index in [1.807, 2.05) is 37.3 Å². The lowest BCUT2D eigenvalue weighted by molar-refractivity contribution is -0.126. The lowest BCUT2D eigenvalue weighted by Gasteiger charge is -2.31. The maximum absolute atomic E-state index is 12.8. The molecule has 2 heterocycles. The molecular formula is C29H37ClN4O2. The van der Waals surface area contributed by atoms with E-state index >= 15 is 0 Å². The predicted molar refractivity (Wildman–Crippen MR) is 145 cm³/mol. The minimum atomic E-state index is 0.0749. The van der Waals surface area contributed by atoms with E-state index in [0.717, 1.165) is 62.6 Å². The van der Waals surface area contributed by atoms with E-state index in [4.69, 9.17) is 21.0 Å². The van der Waals surface area contributed by atoms with Gasteiger partial charge in [0.2, 0.25) is 11.8 Å². The summed E-state index contributed by atoms with van der Waals surface area (Å²) in [5.74, 6) is 1.72. The number of nitrogens with one attached hydrogen (secondary N) is 1. The molecule has 1 amide bonds. The maximum atomic E-state index is 12.8. The van der Waals surface area contributed by atoms with Crippen molar-refractivity contribution in [2.45, 2.75) is 52.7 Å². The number of aryl methyl sites for hydroxylation is 1. The number of amides is 1. The highest BCUT2D eigenvalue weighted by Gasteiger charge is 2.26. The van der Waals surface area contributed by atoms with Gasteiger partial charge in [0, 0.05) is 48.7 Å². The second kappa shape index (κ2) is 12.5. The lowest BCUT2D eigenvalue weighted by atomic mass is 9.96. The summed E-state index contributed by atoms with van der Waals surface area (Å²) in [6.45, 7) is 11.3. The van der Waals surface area contributed by atoms with Crippen molar-refractivity contribution in [2.24, 2.45) is 5.92 Å². The van der Waals surface area contributed by atoms with Crippen LogP contribution in [-0.2, 0) is 17.9 Å². The molecule has 0 atom stereocenters. The molecule has 2 aromatic carbocycles. The largest absolute Gasteiger partial charge is 0.441 e. The average Bonchev–Trinajstić information content (AvgIpc) is 3.24. The molecule has 0 spiro atoms. The second-order valence-electron chi connectivity index (χ2n) is 9.92. The highest BCUT2D eigenvalue weighted by Crippen LogP contribution is 2.25. The molecule has 1 aliphatic heterocycles. The Bertz CT molecular complexity index is 1110. The van der Waals surface area contributed by atoms with Gasteiger partial charge in [0.15, 0.2) is 0 Å². The molecule has 36 heavy (non-hydrogen) atoms. The van der Waals surface area contributed by atoms with Crippen LogP contribution in [-0.4, -0.2) is 52.9 Å². The first-order valence-corrected chi connectivity index (χ1v) is 13.3. The highest BCUT2D eigenvalue weighted by atomic mass is 35.5. The Kier molecular flexibility index (Phi) is 9.19. The van der Waals surface area contributed by atoms with Crippen molar-refractivity contribution in [1.82, 2.24) is 20.1 Å². The fourth-order valence-electron chi connectivity index (χ4n) is 4.66. The van der Waals surface area contributed by atoms with E-state index in [0.29, 0.717) is 23.5 Å². The van der Waals surface area contributed by atoms with E-state index in [2.05, 4.69) is 53.2 Å². The van der Waals surface area contributed by atoms with Gasteiger partial charge in [-0.15, -0.1) is 0 Å². The SMILES string of the molecule is Cc1oc(-c2ccc(Cl)cc2)nc1CN1CCC(C(=O)NCCN(Cc2ccccc2)C(C)C)CC1. The van der Waals surface area contributed by atoms with Crippen molar-refractivity contribution in [3.05, 3.63) is 76.6 Å². The molecule has 3 aromatic rings. The van der Waals surface area contributed by atoms with Crippen LogP contribution in [0.25, 0.3) is 11.5 Å². The van der Waals surface area contributed by atoms with Crippen LogP contribution < -0.4 is 5.32 Å². The first kappa shape index (κ1) is 26.4. The molecular weight excluding hydrogens is 472 g/mol. The summed E-state index contributed by atoms with van der Waals surface area (Å²) in [7, 11) is 0. The average molecular weight is 509 g/mol. The van der Waals surface area contributed by atoms with Crippen molar-refractivity contribution >= 4 is 17.5 Å². The highest BCUT2D eigenvalue weighted by molar-refractivity contribution is 6.30. The van der Waals surface area contributed by atoms with Crippen LogP contribution >= 0.6 is 11.6 Å². The molecule has 4 rings (SSSR count). The molecule has 1 saturated heterocycles. The summed E-state index contributed by atoms with van der Waals surface area (Å²) in [4.78, 5) is 22.3. The lowest BCUT2D eigenvalue weighted by Crippen LogP contribution is -2.43. The number of piperidine rings is 1. The number of hydrogen-bond donors (Lipinski definition) is 1. The molecule has 0 saturated carbocycles. The summed E-state index contributed by atoms with van der Waals surface area (Å²) in [6, 6.07) is 18.4. The number of halogens is 1. The van der Waals surface area contributed by atoms with Gasteiger partial charge in [0.05, 0.1) is 5.69 Å². The smallest absolute Gasteiger partial charge is 0.226 e. The van der Waals surface area contributed by atoms with Crippen LogP contribution in [0.15, 0.2) is 59.0 Å². The normalized spacial score (nSPS) is 15.1. The zero-order valence-corrected chi connectivity index (χ0v) is 22.3. The van der Waals surface area contributed by atoms with Gasteiger partial charge in [-0.2, -0.15) is 0 Å². The quantitative estimate of drug-likeness (QED) is 0.389. The minimum Gasteiger partial charge on any atom is -0.441 e. The van der Waals surface area contributed by atoms with Gasteiger partial charge in [-0.25, -0.2) is 4.98 Å². The molecule has 0 bridgehead atoms. The third-order valence-electron chi connectivity index (χ3n) is 6.97. The Morgan fingerprint density at radius 3 is 2.50 bits per heavy atom. The van der Waals surface area contributed by atoms with E-state index in [9.17, 15) is 4.79 Å². The third-order valence-corrected chi connectivity index (χ3v) is 7.22. The van der Waals surface area contributed by atoms with Gasteiger partial charge < -0.3 is 9.73 Å². The van der Waals surface area contributed by atoms with Gasteiger partial charge in [-0.1, -0.05) is 41.9 Å². The molecule has 192 valence electrons. The molecule has 6 nitrogen and oxygen atoms in total. The molecule has 0 aliphatic carbocycles. The van der Waals surface area contributed by atoms with Crippen molar-refractivity contribution in [2.75, 3.05) is 26.2 Å². The molecule has 1 aromatic heterocycles. The molecule has 1 fully saturated rings. The van der Waals surface area contributed by atoms with Crippen molar-refractivity contribution in [1.29, 1.82) is 0 Å². The number of oxazole rings is 1. The van der Waals surface area contributed by atoms with Crippen molar-refractivity contribution in [3.63, 3.8) is 0 Å². The van der Waals surface area contributed by atoms with E-state index in [1.54, 1.807) is 0 Å². The molecule has 0 radical (unpaired) electrons. The van der Waals surface area contributed by atoms with Gasteiger partial charge in [0.25, 0.3) is 0 Å². The number of hydrogen-bond acceptors (Lipinski definition) is 5. The van der Waals surface area contributed by atoms with Crippen LogP contribution in [0.2, 0.25) is 5.02 Å². The van der Waals surface area contributed by atoms with Crippen molar-refractivity contribution in [3.8, 4) is 11.5 Å². The van der Waals surface area contributed by atoms with E-state index in [1.165, 1.54) is 5.56 Å². The summed E-state index contributed by atoms with van der Waals surface area (Å²) >= 11 is 5.99. The van der Waals surface area contributed by atoms with Crippen LogP contribution in [0.1, 0.15) is 43.7 Å². The zero-order chi connectivity index (χ0) is 25.5. The number of nitrogens with zero attached hydrogens (tertiary/aromatic N) is 3. The Morgan fingerprint density at radius 1 is 1.14 bits per heavy atom. The first-order chi connectivity index (χ1) is 17.4. The topological polar surface area (TPSA) is 61.6 Å². The van der Waals surface area contributed by atoms with Crippen molar-refractivity contribution < 1.29 is 9.21 Å². The molecule has 1 aliphatic rings. The Balaban J connectivity index is 1.21. The molecule has 7 heteroatoms. The predicted octanol–water partition coefficient (Wildman–Crippen LogP) is 5.54. The summed E-state index contributed by atoms with van der Waals surface area (Å²) in [6.07, 6.45) is 1.73. The number of benzene rings is 2. The monoisotopic (exact) mass is 508 g/mol. The molecule has 0 unspecified atom stereocenters. The van der Waals surface area contributed by atoms with Crippen LogP contribution in [0.3, 0.4) is 0 Å². The maximum Gasteiger partial charge on any atom is 0.226 e. The second-order valence-corrected chi connectivity index (χ2v) is 10.4. The van der Waals surface area contributed by atoms with Gasteiger partial charge in [0.1, 0.15) is 5.76 Å². The number of carbonyl (C=O) groups is 1. The van der Waals surface area contributed by atoms with Gasteiger partial charge in [-0.3, -0.25) is 14.6 Å². The third kappa shape index (κ3) is 7.19. The van der Waals surface area contributed by atoms with E-state index in [-0.39, 0.29) is 11.8 Å². The summed E-state index contributed by atoms with van der Waals surface area (Å²) in [5, 5.41) is 3.88. The van der Waals surface area contributed by atoms with Crippen LogP contribution in [0.4, 0.5) is 0 Å². The number of rotatable bonds is 10. The number of carbonyl (C=O) groups excluding carboxylic acids is 1.